The molecule has 1 atom stereocenters. The molecule has 3 N–H and O–H groups in total. The maximum Gasteiger partial charge on any atom is 0.242 e. The fourth-order valence-electron chi connectivity index (χ4n) is 1.79. The Morgan fingerprint density at radius 1 is 1.35 bits per heavy atom. The predicted molar refractivity (Wildman–Crippen MR) is 71.9 cm³/mol. The van der Waals surface area contributed by atoms with Crippen LogP contribution in [0.25, 0.3) is 0 Å². The van der Waals surface area contributed by atoms with Gasteiger partial charge in [-0.2, -0.15) is 0 Å². The molecule has 1 unspecified atom stereocenters. The number of benzene rings is 1. The molecule has 0 amide bonds. The lowest BCUT2D eigenvalue weighted by Gasteiger charge is -2.13. The minimum Gasteiger partial charge on any atom is -0.390 e. The molecule has 0 aliphatic heterocycles. The number of nitrogens with one attached hydrogen (secondary N) is 2. The van der Waals surface area contributed by atoms with E-state index in [1.165, 1.54) is 36.5 Å². The van der Waals surface area contributed by atoms with Crippen molar-refractivity contribution in [2.75, 3.05) is 0 Å². The van der Waals surface area contributed by atoms with E-state index in [4.69, 9.17) is 5.11 Å². The second-order valence-electron chi connectivity index (χ2n) is 4.41. The number of hydrogen-bond donors (Lipinski definition) is 3. The maximum atomic E-state index is 12.8. The van der Waals surface area contributed by atoms with E-state index in [2.05, 4.69) is 9.71 Å². The van der Waals surface area contributed by atoms with Gasteiger partial charge < -0.3 is 10.1 Å². The van der Waals surface area contributed by atoms with E-state index in [1.807, 2.05) is 0 Å². The normalized spacial score (nSPS) is 13.3. The topological polar surface area (TPSA) is 82.2 Å². The van der Waals surface area contributed by atoms with Gasteiger partial charge in [0.2, 0.25) is 10.0 Å². The second kappa shape index (κ2) is 5.74. The summed E-state index contributed by atoms with van der Waals surface area (Å²) in [4.78, 5) is 2.71. The summed E-state index contributed by atoms with van der Waals surface area (Å²) in [6.45, 7) is 1.41. The first-order valence-corrected chi connectivity index (χ1v) is 7.46. The van der Waals surface area contributed by atoms with Crippen LogP contribution in [0.5, 0.6) is 0 Å². The minimum atomic E-state index is -3.69. The van der Waals surface area contributed by atoms with Gasteiger partial charge in [-0.1, -0.05) is 12.1 Å². The highest BCUT2D eigenvalue weighted by molar-refractivity contribution is 7.89. The zero-order chi connectivity index (χ0) is 14.8. The van der Waals surface area contributed by atoms with E-state index in [9.17, 15) is 12.8 Å². The summed E-state index contributed by atoms with van der Waals surface area (Å²) < 4.78 is 39.6. The van der Waals surface area contributed by atoms with Gasteiger partial charge in [0, 0.05) is 17.9 Å². The first kappa shape index (κ1) is 14.7. The molecular formula is C13H15FN2O3S. The number of H-pyrrole nitrogens is 1. The standard InChI is InChI=1S/C13H15FN2O3S/c1-9(10-2-4-11(14)5-3-10)16-20(18,19)13-6-12(8-17)15-7-13/h2-7,9,15-17H,8H2,1H3. The molecule has 5 nitrogen and oxygen atoms in total. The van der Waals surface area contributed by atoms with E-state index in [0.717, 1.165) is 0 Å². The lowest BCUT2D eigenvalue weighted by atomic mass is 10.1. The van der Waals surface area contributed by atoms with Crippen LogP contribution in [0.2, 0.25) is 0 Å². The fourth-order valence-corrected chi connectivity index (χ4v) is 3.03. The first-order chi connectivity index (χ1) is 9.42. The minimum absolute atomic E-state index is 0.0514. The van der Waals surface area contributed by atoms with Crippen LogP contribution in [0, 0.1) is 5.82 Å². The number of hydrogen-bond acceptors (Lipinski definition) is 3. The van der Waals surface area contributed by atoms with Crippen molar-refractivity contribution in [2.45, 2.75) is 24.5 Å². The van der Waals surface area contributed by atoms with E-state index < -0.39 is 16.1 Å². The molecule has 0 saturated carbocycles. The van der Waals surface area contributed by atoms with Gasteiger partial charge in [-0.25, -0.2) is 17.5 Å². The first-order valence-electron chi connectivity index (χ1n) is 5.98. The van der Waals surface area contributed by atoms with E-state index in [0.29, 0.717) is 11.3 Å². The lowest BCUT2D eigenvalue weighted by Crippen LogP contribution is -2.26. The average Bonchev–Trinajstić information content (AvgIpc) is 2.88. The van der Waals surface area contributed by atoms with Crippen molar-refractivity contribution in [3.05, 3.63) is 53.6 Å². The molecule has 0 radical (unpaired) electrons. The Kier molecular flexibility index (Phi) is 4.22. The van der Waals surface area contributed by atoms with Crippen LogP contribution in [0.3, 0.4) is 0 Å². The summed E-state index contributed by atoms with van der Waals surface area (Å²) in [7, 11) is -3.69. The number of sulfonamides is 1. The van der Waals surface area contributed by atoms with Crippen molar-refractivity contribution in [3.8, 4) is 0 Å². The van der Waals surface area contributed by atoms with Gasteiger partial charge in [0.25, 0.3) is 0 Å². The SMILES string of the molecule is CC(NS(=O)(=O)c1c[nH]c(CO)c1)c1ccc(F)cc1. The quantitative estimate of drug-likeness (QED) is 0.785. The Hall–Kier alpha value is -1.70. The maximum absolute atomic E-state index is 12.8. The number of aromatic nitrogens is 1. The largest absolute Gasteiger partial charge is 0.390 e. The summed E-state index contributed by atoms with van der Waals surface area (Å²) in [5.41, 5.74) is 1.08. The third-order valence-corrected chi connectivity index (χ3v) is 4.42. The molecule has 2 aromatic rings. The molecule has 0 aliphatic rings. The summed E-state index contributed by atoms with van der Waals surface area (Å²) in [6.07, 6.45) is 1.31. The molecule has 108 valence electrons. The smallest absolute Gasteiger partial charge is 0.242 e. The monoisotopic (exact) mass is 298 g/mol. The molecule has 0 aliphatic carbocycles. The summed E-state index contributed by atoms with van der Waals surface area (Å²) in [5.74, 6) is -0.373. The molecule has 1 aromatic carbocycles. The average molecular weight is 298 g/mol. The summed E-state index contributed by atoms with van der Waals surface area (Å²) >= 11 is 0. The third kappa shape index (κ3) is 3.24. The number of halogens is 1. The van der Waals surface area contributed by atoms with Crippen LogP contribution in [0.1, 0.15) is 24.2 Å². The highest BCUT2D eigenvalue weighted by atomic mass is 32.2. The molecule has 0 bridgehead atoms. The molecule has 1 aromatic heterocycles. The van der Waals surface area contributed by atoms with Crippen molar-refractivity contribution >= 4 is 10.0 Å². The second-order valence-corrected chi connectivity index (χ2v) is 6.13. The highest BCUT2D eigenvalue weighted by Crippen LogP contribution is 2.18. The van der Waals surface area contributed by atoms with Crippen LogP contribution >= 0.6 is 0 Å². The number of aromatic amines is 1. The number of aliphatic hydroxyl groups excluding tert-OH is 1. The van der Waals surface area contributed by atoms with E-state index >= 15 is 0 Å². The van der Waals surface area contributed by atoms with Crippen molar-refractivity contribution in [3.63, 3.8) is 0 Å². The van der Waals surface area contributed by atoms with Crippen molar-refractivity contribution < 1.29 is 17.9 Å². The number of rotatable bonds is 5. The van der Waals surface area contributed by atoms with E-state index in [1.54, 1.807) is 6.92 Å². The van der Waals surface area contributed by atoms with Crippen LogP contribution < -0.4 is 4.72 Å². The van der Waals surface area contributed by atoms with E-state index in [-0.39, 0.29) is 17.3 Å². The molecular weight excluding hydrogens is 283 g/mol. The number of aliphatic hydroxyl groups is 1. The zero-order valence-corrected chi connectivity index (χ0v) is 11.6. The Morgan fingerprint density at radius 2 is 2.00 bits per heavy atom. The van der Waals surface area contributed by atoms with Gasteiger partial charge >= 0.3 is 0 Å². The van der Waals surface area contributed by atoms with Crippen LogP contribution in [0.15, 0.2) is 41.4 Å². The van der Waals surface area contributed by atoms with Gasteiger partial charge in [-0.3, -0.25) is 0 Å². The van der Waals surface area contributed by atoms with Crippen molar-refractivity contribution in [1.82, 2.24) is 9.71 Å². The Bertz CT molecular complexity index is 680. The van der Waals surface area contributed by atoms with Gasteiger partial charge in [-0.15, -0.1) is 0 Å². The van der Waals surface area contributed by atoms with Crippen LogP contribution in [0.4, 0.5) is 4.39 Å². The van der Waals surface area contributed by atoms with Crippen molar-refractivity contribution in [1.29, 1.82) is 0 Å². The molecule has 20 heavy (non-hydrogen) atoms. The molecule has 0 saturated heterocycles. The lowest BCUT2D eigenvalue weighted by molar-refractivity contribution is 0.277. The zero-order valence-electron chi connectivity index (χ0n) is 10.8. The Balaban J connectivity index is 2.17. The Labute approximate surface area is 116 Å². The van der Waals surface area contributed by atoms with Gasteiger partial charge in [0.05, 0.1) is 11.5 Å². The molecule has 2 rings (SSSR count). The molecule has 0 spiro atoms. The van der Waals surface area contributed by atoms with Crippen molar-refractivity contribution in [2.24, 2.45) is 0 Å². The molecule has 1 heterocycles. The predicted octanol–water partition coefficient (Wildman–Crippen LogP) is 1.69. The summed E-state index contributed by atoms with van der Waals surface area (Å²) in [5, 5.41) is 8.92. The summed E-state index contributed by atoms with van der Waals surface area (Å²) in [6, 6.07) is 6.48. The Morgan fingerprint density at radius 3 is 2.55 bits per heavy atom. The van der Waals surface area contributed by atoms with Gasteiger partial charge in [0.15, 0.2) is 0 Å². The van der Waals surface area contributed by atoms with Gasteiger partial charge in [0.1, 0.15) is 5.82 Å². The highest BCUT2D eigenvalue weighted by Gasteiger charge is 2.19. The third-order valence-electron chi connectivity index (χ3n) is 2.90. The molecule has 7 heteroatoms. The van der Waals surface area contributed by atoms with Crippen LogP contribution in [-0.4, -0.2) is 18.5 Å². The van der Waals surface area contributed by atoms with Crippen LogP contribution in [-0.2, 0) is 16.6 Å². The van der Waals surface area contributed by atoms with Gasteiger partial charge in [-0.05, 0) is 30.7 Å². The molecule has 0 fully saturated rings. The fraction of sp³-hybridized carbons (Fsp3) is 0.231.